The lowest BCUT2D eigenvalue weighted by Crippen LogP contribution is -1.91. The largest absolute Gasteiger partial charge is 0.0620 e. The first-order valence-electron chi connectivity index (χ1n) is 5.94. The minimum atomic E-state index is 1.06. The number of benzene rings is 2. The predicted octanol–water partition coefficient (Wildman–Crippen LogP) is 4.28. The molecule has 0 heteroatoms. The molecule has 1 radical (unpaired) electrons. The fraction of sp³-hybridized carbons (Fsp3) is 0.250. The van der Waals surface area contributed by atoms with Crippen molar-refractivity contribution in [3.63, 3.8) is 0 Å². The molecular weight excluding hydrogens is 192 g/mol. The summed E-state index contributed by atoms with van der Waals surface area (Å²) in [7, 11) is 0. The first kappa shape index (κ1) is 10.9. The summed E-state index contributed by atoms with van der Waals surface area (Å²) in [6.45, 7) is 4.40. The van der Waals surface area contributed by atoms with Gasteiger partial charge in [0, 0.05) is 0 Å². The van der Waals surface area contributed by atoms with Crippen LogP contribution in [0.15, 0.2) is 42.5 Å². The Bertz CT molecular complexity index is 423. The average molecular weight is 209 g/mol. The fourth-order valence-electron chi connectivity index (χ4n) is 2.09. The van der Waals surface area contributed by atoms with Crippen molar-refractivity contribution in [2.75, 3.05) is 0 Å². The highest BCUT2D eigenvalue weighted by atomic mass is 14.1. The second-order valence-electron chi connectivity index (χ2n) is 3.93. The number of aryl methyl sites for hydroxylation is 2. The molecule has 0 spiro atoms. The Labute approximate surface area is 97.9 Å². The van der Waals surface area contributed by atoms with Gasteiger partial charge in [0.2, 0.25) is 0 Å². The van der Waals surface area contributed by atoms with Gasteiger partial charge in [-0.25, -0.2) is 0 Å². The zero-order valence-electron chi connectivity index (χ0n) is 9.96. The van der Waals surface area contributed by atoms with E-state index < -0.39 is 0 Å². The van der Waals surface area contributed by atoms with E-state index in [-0.39, 0.29) is 0 Å². The van der Waals surface area contributed by atoms with Gasteiger partial charge >= 0.3 is 0 Å². The lowest BCUT2D eigenvalue weighted by Gasteiger charge is -2.11. The minimum Gasteiger partial charge on any atom is -0.0620 e. The third-order valence-corrected chi connectivity index (χ3v) is 2.99. The summed E-state index contributed by atoms with van der Waals surface area (Å²) in [4.78, 5) is 0. The maximum absolute atomic E-state index is 3.38. The van der Waals surface area contributed by atoms with Crippen LogP contribution in [0.2, 0.25) is 0 Å². The van der Waals surface area contributed by atoms with E-state index in [4.69, 9.17) is 0 Å². The topological polar surface area (TPSA) is 0 Å². The van der Waals surface area contributed by atoms with Crippen LogP contribution in [-0.2, 0) is 12.8 Å². The molecule has 0 bridgehead atoms. The maximum Gasteiger partial charge on any atom is -0.00704 e. The van der Waals surface area contributed by atoms with Crippen LogP contribution in [0.25, 0.3) is 11.1 Å². The molecule has 0 aliphatic carbocycles. The fourth-order valence-corrected chi connectivity index (χ4v) is 2.09. The van der Waals surface area contributed by atoms with Crippen LogP contribution >= 0.6 is 0 Å². The average Bonchev–Trinajstić information content (AvgIpc) is 2.38. The van der Waals surface area contributed by atoms with Crippen LogP contribution in [-0.4, -0.2) is 0 Å². The Morgan fingerprint density at radius 3 is 2.31 bits per heavy atom. The summed E-state index contributed by atoms with van der Waals surface area (Å²) in [5.74, 6) is 0. The third kappa shape index (κ3) is 2.01. The molecular formula is C16H17. The van der Waals surface area contributed by atoms with Gasteiger partial charge in [-0.2, -0.15) is 0 Å². The Hall–Kier alpha value is -1.56. The highest BCUT2D eigenvalue weighted by molar-refractivity contribution is 5.70. The van der Waals surface area contributed by atoms with Crippen molar-refractivity contribution in [2.45, 2.75) is 26.7 Å². The number of rotatable bonds is 3. The van der Waals surface area contributed by atoms with Gasteiger partial charge in [-0.15, -0.1) is 0 Å². The molecule has 0 saturated heterocycles. The molecule has 0 aliphatic heterocycles. The molecule has 0 aromatic heterocycles. The first-order chi connectivity index (χ1) is 7.86. The van der Waals surface area contributed by atoms with Crippen molar-refractivity contribution in [3.8, 4) is 11.1 Å². The number of hydrogen-bond donors (Lipinski definition) is 0. The summed E-state index contributed by atoms with van der Waals surface area (Å²) >= 11 is 0. The lowest BCUT2D eigenvalue weighted by atomic mass is 9.93. The Balaban J connectivity index is 2.58. The van der Waals surface area contributed by atoms with Gasteiger partial charge in [0.05, 0.1) is 0 Å². The molecule has 0 atom stereocenters. The SMILES string of the molecule is CCc1ccc[c]c1-c1ccccc1CC. The Morgan fingerprint density at radius 1 is 0.875 bits per heavy atom. The molecule has 0 unspecified atom stereocenters. The Morgan fingerprint density at radius 2 is 1.56 bits per heavy atom. The molecule has 2 rings (SSSR count). The van der Waals surface area contributed by atoms with E-state index in [1.165, 1.54) is 22.3 Å². The molecule has 0 nitrogen and oxygen atoms in total. The maximum atomic E-state index is 3.38. The van der Waals surface area contributed by atoms with E-state index >= 15 is 0 Å². The second-order valence-corrected chi connectivity index (χ2v) is 3.93. The van der Waals surface area contributed by atoms with Crippen LogP contribution in [0.3, 0.4) is 0 Å². The number of hydrogen-bond acceptors (Lipinski definition) is 0. The molecule has 0 amide bonds. The molecule has 0 saturated carbocycles. The van der Waals surface area contributed by atoms with E-state index in [9.17, 15) is 0 Å². The van der Waals surface area contributed by atoms with Crippen LogP contribution in [0.4, 0.5) is 0 Å². The summed E-state index contributed by atoms with van der Waals surface area (Å²) in [6, 6.07) is 18.3. The highest BCUT2D eigenvalue weighted by Gasteiger charge is 2.06. The van der Waals surface area contributed by atoms with Gasteiger partial charge in [-0.3, -0.25) is 0 Å². The highest BCUT2D eigenvalue weighted by Crippen LogP contribution is 2.27. The predicted molar refractivity (Wildman–Crippen MR) is 69.5 cm³/mol. The van der Waals surface area contributed by atoms with E-state index in [0.717, 1.165) is 12.8 Å². The van der Waals surface area contributed by atoms with E-state index in [2.05, 4.69) is 56.3 Å². The molecule has 0 aliphatic rings. The summed E-state index contributed by atoms with van der Waals surface area (Å²) in [5, 5.41) is 0. The van der Waals surface area contributed by atoms with E-state index in [1.54, 1.807) is 0 Å². The van der Waals surface area contributed by atoms with Crippen LogP contribution in [0.5, 0.6) is 0 Å². The van der Waals surface area contributed by atoms with Crippen molar-refractivity contribution in [1.82, 2.24) is 0 Å². The van der Waals surface area contributed by atoms with E-state index in [0.29, 0.717) is 0 Å². The van der Waals surface area contributed by atoms with Crippen LogP contribution in [0, 0.1) is 6.07 Å². The molecule has 2 aromatic carbocycles. The van der Waals surface area contributed by atoms with Gasteiger partial charge in [0.15, 0.2) is 0 Å². The van der Waals surface area contributed by atoms with Crippen molar-refractivity contribution >= 4 is 0 Å². The van der Waals surface area contributed by atoms with Gasteiger partial charge < -0.3 is 0 Å². The van der Waals surface area contributed by atoms with Crippen molar-refractivity contribution in [1.29, 1.82) is 0 Å². The van der Waals surface area contributed by atoms with Crippen molar-refractivity contribution in [3.05, 3.63) is 59.7 Å². The standard InChI is InChI=1S/C16H17/c1-3-13-9-5-7-11-15(13)16-12-8-6-10-14(16)4-2/h5-11H,3-4H2,1-2H3. The Kier molecular flexibility index (Phi) is 3.40. The summed E-state index contributed by atoms with van der Waals surface area (Å²) in [5.41, 5.74) is 5.38. The summed E-state index contributed by atoms with van der Waals surface area (Å²) in [6.07, 6.45) is 2.13. The van der Waals surface area contributed by atoms with Crippen LogP contribution < -0.4 is 0 Å². The molecule has 0 fully saturated rings. The van der Waals surface area contributed by atoms with Crippen LogP contribution in [0.1, 0.15) is 25.0 Å². The second kappa shape index (κ2) is 4.98. The van der Waals surface area contributed by atoms with Gasteiger partial charge in [0.25, 0.3) is 0 Å². The van der Waals surface area contributed by atoms with E-state index in [1.807, 2.05) is 6.07 Å². The molecule has 16 heavy (non-hydrogen) atoms. The van der Waals surface area contributed by atoms with Gasteiger partial charge in [0.1, 0.15) is 0 Å². The zero-order valence-corrected chi connectivity index (χ0v) is 9.96. The molecule has 0 N–H and O–H groups in total. The van der Waals surface area contributed by atoms with Gasteiger partial charge in [-0.05, 0) is 41.2 Å². The lowest BCUT2D eigenvalue weighted by molar-refractivity contribution is 1.12. The van der Waals surface area contributed by atoms with Crippen molar-refractivity contribution < 1.29 is 0 Å². The minimum absolute atomic E-state index is 1.06. The third-order valence-electron chi connectivity index (χ3n) is 2.99. The monoisotopic (exact) mass is 209 g/mol. The quantitative estimate of drug-likeness (QED) is 0.707. The molecule has 81 valence electrons. The van der Waals surface area contributed by atoms with Gasteiger partial charge in [-0.1, -0.05) is 56.3 Å². The summed E-state index contributed by atoms with van der Waals surface area (Å²) < 4.78 is 0. The molecule has 2 aromatic rings. The smallest absolute Gasteiger partial charge is 0.00704 e. The molecule has 0 heterocycles. The van der Waals surface area contributed by atoms with Crippen molar-refractivity contribution in [2.24, 2.45) is 0 Å². The first-order valence-corrected chi connectivity index (χ1v) is 5.94. The zero-order chi connectivity index (χ0) is 11.4. The normalized spacial score (nSPS) is 10.4.